The van der Waals surface area contributed by atoms with Crippen LogP contribution in [0, 0.1) is 0 Å². The van der Waals surface area contributed by atoms with Crippen LogP contribution in [-0.4, -0.2) is 48.1 Å². The number of anilines is 1. The largest absolute Gasteiger partial charge is 0.354 e. The molecular formula is C12H16N4O2S. The molecule has 0 bridgehead atoms. The van der Waals surface area contributed by atoms with Gasteiger partial charge in [-0.05, 0) is 18.6 Å². The second kappa shape index (κ2) is 4.82. The van der Waals surface area contributed by atoms with E-state index in [2.05, 4.69) is 15.3 Å². The number of sulfonamides is 1. The average Bonchev–Trinajstić information content (AvgIpc) is 2.92. The third kappa shape index (κ3) is 2.57. The molecule has 1 aromatic carbocycles. The van der Waals surface area contributed by atoms with Crippen LogP contribution in [-0.2, 0) is 10.0 Å². The van der Waals surface area contributed by atoms with Gasteiger partial charge in [0, 0.05) is 19.6 Å². The molecule has 1 aromatic heterocycles. The maximum Gasteiger partial charge on any atom is 0.214 e. The van der Waals surface area contributed by atoms with Crippen LogP contribution in [0.3, 0.4) is 0 Å². The van der Waals surface area contributed by atoms with Gasteiger partial charge in [-0.1, -0.05) is 12.1 Å². The van der Waals surface area contributed by atoms with Gasteiger partial charge in [0.2, 0.25) is 16.0 Å². The molecule has 0 amide bonds. The highest BCUT2D eigenvalue weighted by molar-refractivity contribution is 7.89. The van der Waals surface area contributed by atoms with E-state index in [0.29, 0.717) is 25.6 Å². The van der Waals surface area contributed by atoms with Gasteiger partial charge >= 0.3 is 0 Å². The van der Waals surface area contributed by atoms with E-state index in [9.17, 15) is 8.42 Å². The third-order valence-electron chi connectivity index (χ3n) is 3.25. The predicted molar refractivity (Wildman–Crippen MR) is 74.6 cm³/mol. The standard InChI is InChI=1S/C12H16N4O2S/c17-19(18)9-3-7-16(19)8-6-13-12-14-10-4-1-2-5-11(10)15-12/h1-2,4-5H,3,6-9H2,(H2,13,14,15). The number of nitrogens with zero attached hydrogens (tertiary/aromatic N) is 2. The number of fused-ring (bicyclic) bond motifs is 1. The smallest absolute Gasteiger partial charge is 0.214 e. The Bertz CT molecular complexity index is 647. The molecule has 0 saturated carbocycles. The summed E-state index contributed by atoms with van der Waals surface area (Å²) < 4.78 is 24.8. The van der Waals surface area contributed by atoms with Crippen LogP contribution in [0.1, 0.15) is 6.42 Å². The summed E-state index contributed by atoms with van der Waals surface area (Å²) in [6.07, 6.45) is 0.729. The van der Waals surface area contributed by atoms with Gasteiger partial charge in [0.25, 0.3) is 0 Å². The first kappa shape index (κ1) is 12.4. The first-order valence-corrected chi connectivity index (χ1v) is 7.92. The van der Waals surface area contributed by atoms with Gasteiger partial charge in [0.15, 0.2) is 0 Å². The molecule has 7 heteroatoms. The molecule has 19 heavy (non-hydrogen) atoms. The Labute approximate surface area is 111 Å². The maximum atomic E-state index is 11.6. The van der Waals surface area contributed by atoms with Gasteiger partial charge < -0.3 is 10.3 Å². The number of nitrogens with one attached hydrogen (secondary N) is 2. The Hall–Kier alpha value is -1.60. The van der Waals surface area contributed by atoms with E-state index in [-0.39, 0.29) is 5.75 Å². The lowest BCUT2D eigenvalue weighted by atomic mass is 10.3. The van der Waals surface area contributed by atoms with Gasteiger partial charge in [-0.2, -0.15) is 0 Å². The lowest BCUT2D eigenvalue weighted by molar-refractivity contribution is 0.456. The highest BCUT2D eigenvalue weighted by Gasteiger charge is 2.27. The number of para-hydroxylation sites is 2. The Kier molecular flexibility index (Phi) is 3.16. The van der Waals surface area contributed by atoms with Crippen LogP contribution >= 0.6 is 0 Å². The van der Waals surface area contributed by atoms with Crippen molar-refractivity contribution in [2.45, 2.75) is 6.42 Å². The monoisotopic (exact) mass is 280 g/mol. The minimum atomic E-state index is -3.00. The van der Waals surface area contributed by atoms with Gasteiger partial charge in [-0.3, -0.25) is 0 Å². The van der Waals surface area contributed by atoms with Crippen molar-refractivity contribution in [3.8, 4) is 0 Å². The van der Waals surface area contributed by atoms with E-state index >= 15 is 0 Å². The molecule has 1 aliphatic rings. The lowest BCUT2D eigenvalue weighted by Crippen LogP contribution is -2.30. The van der Waals surface area contributed by atoms with Crippen molar-refractivity contribution in [1.82, 2.24) is 14.3 Å². The van der Waals surface area contributed by atoms with Gasteiger partial charge in [-0.15, -0.1) is 0 Å². The van der Waals surface area contributed by atoms with E-state index in [1.807, 2.05) is 24.3 Å². The minimum absolute atomic E-state index is 0.275. The number of H-pyrrole nitrogens is 1. The first-order valence-electron chi connectivity index (χ1n) is 6.32. The van der Waals surface area contributed by atoms with Gasteiger partial charge in [-0.25, -0.2) is 17.7 Å². The van der Waals surface area contributed by atoms with E-state index in [1.54, 1.807) is 0 Å². The van der Waals surface area contributed by atoms with Crippen LogP contribution in [0.4, 0.5) is 5.95 Å². The fourth-order valence-electron chi connectivity index (χ4n) is 2.28. The van der Waals surface area contributed by atoms with Crippen molar-refractivity contribution in [3.05, 3.63) is 24.3 Å². The number of aromatic amines is 1. The summed E-state index contributed by atoms with van der Waals surface area (Å²) in [6.45, 7) is 1.67. The fraction of sp³-hybridized carbons (Fsp3) is 0.417. The Balaban J connectivity index is 1.60. The Morgan fingerprint density at radius 2 is 2.21 bits per heavy atom. The van der Waals surface area contributed by atoms with E-state index < -0.39 is 10.0 Å². The van der Waals surface area contributed by atoms with E-state index in [4.69, 9.17) is 0 Å². The molecule has 2 N–H and O–H groups in total. The number of hydrogen-bond acceptors (Lipinski definition) is 4. The van der Waals surface area contributed by atoms with Gasteiger partial charge in [0.1, 0.15) is 0 Å². The van der Waals surface area contributed by atoms with Crippen LogP contribution in [0.15, 0.2) is 24.3 Å². The second-order valence-electron chi connectivity index (χ2n) is 4.60. The SMILES string of the molecule is O=S1(=O)CCCN1CCNc1nc2ccccc2[nH]1. The molecule has 2 heterocycles. The molecule has 0 spiro atoms. The first-order chi connectivity index (χ1) is 9.15. The molecule has 0 atom stereocenters. The van der Waals surface area contributed by atoms with Crippen molar-refractivity contribution in [3.63, 3.8) is 0 Å². The normalized spacial score (nSPS) is 18.9. The minimum Gasteiger partial charge on any atom is -0.354 e. The maximum absolute atomic E-state index is 11.6. The summed E-state index contributed by atoms with van der Waals surface area (Å²) in [5.74, 6) is 0.954. The zero-order valence-electron chi connectivity index (χ0n) is 10.5. The molecule has 1 saturated heterocycles. The Morgan fingerprint density at radius 3 is 2.95 bits per heavy atom. The molecule has 0 radical (unpaired) electrons. The van der Waals surface area contributed by atoms with Crippen molar-refractivity contribution in [1.29, 1.82) is 0 Å². The zero-order chi connectivity index (χ0) is 13.3. The van der Waals surface area contributed by atoms with Crippen LogP contribution < -0.4 is 5.32 Å². The molecule has 102 valence electrons. The number of hydrogen-bond donors (Lipinski definition) is 2. The molecule has 1 fully saturated rings. The number of imidazole rings is 1. The topological polar surface area (TPSA) is 78.1 Å². The highest BCUT2D eigenvalue weighted by atomic mass is 32.2. The molecular weight excluding hydrogens is 264 g/mol. The number of aromatic nitrogens is 2. The molecule has 1 aliphatic heterocycles. The predicted octanol–water partition coefficient (Wildman–Crippen LogP) is 1.01. The van der Waals surface area contributed by atoms with E-state index in [1.165, 1.54) is 4.31 Å². The third-order valence-corrected chi connectivity index (χ3v) is 5.20. The number of rotatable bonds is 4. The van der Waals surface area contributed by atoms with Crippen LogP contribution in [0.2, 0.25) is 0 Å². The average molecular weight is 280 g/mol. The zero-order valence-corrected chi connectivity index (χ0v) is 11.3. The number of benzene rings is 1. The summed E-state index contributed by atoms with van der Waals surface area (Å²) in [5.41, 5.74) is 1.87. The molecule has 0 aliphatic carbocycles. The highest BCUT2D eigenvalue weighted by Crippen LogP contribution is 2.14. The van der Waals surface area contributed by atoms with Crippen molar-refractivity contribution in [2.75, 3.05) is 30.7 Å². The Morgan fingerprint density at radius 1 is 1.37 bits per heavy atom. The second-order valence-corrected chi connectivity index (χ2v) is 6.69. The fourth-order valence-corrected chi connectivity index (χ4v) is 3.81. The van der Waals surface area contributed by atoms with Crippen LogP contribution in [0.5, 0.6) is 0 Å². The van der Waals surface area contributed by atoms with Gasteiger partial charge in [0.05, 0.1) is 16.8 Å². The quantitative estimate of drug-likeness (QED) is 0.876. The molecule has 2 aromatic rings. The summed E-state index contributed by atoms with van der Waals surface area (Å²) in [6, 6.07) is 7.77. The van der Waals surface area contributed by atoms with Crippen molar-refractivity contribution in [2.24, 2.45) is 0 Å². The summed E-state index contributed by atoms with van der Waals surface area (Å²) in [5, 5.41) is 3.13. The van der Waals surface area contributed by atoms with Crippen LogP contribution in [0.25, 0.3) is 11.0 Å². The summed E-state index contributed by atoms with van der Waals surface area (Å²) in [4.78, 5) is 7.53. The van der Waals surface area contributed by atoms with E-state index in [0.717, 1.165) is 17.5 Å². The lowest BCUT2D eigenvalue weighted by Gasteiger charge is -2.13. The molecule has 3 rings (SSSR count). The summed E-state index contributed by atoms with van der Waals surface area (Å²) in [7, 11) is -3.00. The van der Waals surface area contributed by atoms with Crippen molar-refractivity contribution < 1.29 is 8.42 Å². The van der Waals surface area contributed by atoms with Crippen molar-refractivity contribution >= 4 is 27.0 Å². The molecule has 0 unspecified atom stereocenters. The summed E-state index contributed by atoms with van der Waals surface area (Å²) >= 11 is 0. The molecule has 6 nitrogen and oxygen atoms in total.